The molecule has 45 heavy (non-hydrogen) atoms. The van der Waals surface area contributed by atoms with Crippen LogP contribution in [0.5, 0.6) is 0 Å². The van der Waals surface area contributed by atoms with E-state index in [1.807, 2.05) is 55.4 Å². The Morgan fingerprint density at radius 1 is 0.911 bits per heavy atom. The average molecular weight is 654 g/mol. The second-order valence-corrected chi connectivity index (χ2v) is 15.9. The molecule has 1 saturated heterocycles. The van der Waals surface area contributed by atoms with Crippen molar-refractivity contribution >= 4 is 41.2 Å². The first-order valence-electron chi connectivity index (χ1n) is 16.4. The van der Waals surface area contributed by atoms with Crippen molar-refractivity contribution in [3.8, 4) is 0 Å². The number of hydrogen-bond donors (Lipinski definition) is 5. The van der Waals surface area contributed by atoms with Gasteiger partial charge in [-0.3, -0.25) is 19.2 Å². The summed E-state index contributed by atoms with van der Waals surface area (Å²) < 4.78 is 10.6. The van der Waals surface area contributed by atoms with Gasteiger partial charge in [0.25, 0.3) is 5.91 Å². The van der Waals surface area contributed by atoms with Crippen LogP contribution in [0.3, 0.4) is 0 Å². The molecule has 1 aliphatic heterocycles. The topological polar surface area (TPSA) is 180 Å². The number of nitrogens with one attached hydrogen (secondary N) is 4. The molecule has 0 aromatic heterocycles. The van der Waals surface area contributed by atoms with E-state index in [1.54, 1.807) is 0 Å². The van der Waals surface area contributed by atoms with E-state index in [1.165, 1.54) is 4.90 Å². The van der Waals surface area contributed by atoms with E-state index in [9.17, 15) is 28.2 Å². The zero-order valence-corrected chi connectivity index (χ0v) is 29.3. The third kappa shape index (κ3) is 11.9. The SMILES string of the molecule is CC(C)[C@H]1CCN(C(=O)[C@@H](NC(=O)N[C@H](CNCCCC[S+]=O)C(C)(C)C)C(C)(C)C)[C@@H]1C(=O)NC(CC1CC1)C(=O)C(N)=O. The third-order valence-corrected chi connectivity index (χ3v) is 9.37. The number of nitrogens with zero attached hydrogens (tertiary/aromatic N) is 1. The van der Waals surface area contributed by atoms with Gasteiger partial charge in [-0.2, -0.15) is 0 Å². The molecule has 5 atom stereocenters. The van der Waals surface area contributed by atoms with Crippen molar-refractivity contribution in [3.05, 3.63) is 0 Å². The maximum atomic E-state index is 14.2. The fraction of sp³-hybridized carbons (Fsp3) is 0.844. The summed E-state index contributed by atoms with van der Waals surface area (Å²) in [6, 6.07) is -3.55. The number of primary amides is 1. The van der Waals surface area contributed by atoms with Crippen molar-refractivity contribution in [3.63, 3.8) is 0 Å². The summed E-state index contributed by atoms with van der Waals surface area (Å²) in [5.74, 6) is -2.06. The maximum Gasteiger partial charge on any atom is 0.458 e. The van der Waals surface area contributed by atoms with Gasteiger partial charge in [-0.15, -0.1) is 0 Å². The predicted octanol–water partition coefficient (Wildman–Crippen LogP) is 2.13. The highest BCUT2D eigenvalue weighted by Gasteiger charge is 2.48. The normalized spacial score (nSPS) is 20.7. The molecular formula is C32H57N6O6S+. The standard InChI is InChI=1S/C32H56N6O6S/c1-19(2)21-13-15-38(24(21)28(41)35-22(17-20-11-12-20)25(39)27(33)40)29(42)26(32(6,7)8)37-30(43)36-23(31(3,4)5)18-34-14-9-10-16-45-44/h19-24,26,34H,9-18H2,1-8H3,(H4-,33,35,36,37,40,41,43)/p+1/t21-,22?,23-,24+,26-/m1/s1. The number of unbranched alkanes of at least 4 members (excludes halogenated alkanes) is 1. The largest absolute Gasteiger partial charge is 0.458 e. The van der Waals surface area contributed by atoms with Crippen LogP contribution in [0, 0.1) is 28.6 Å². The highest BCUT2D eigenvalue weighted by atomic mass is 32.1. The smallest absolute Gasteiger partial charge is 0.363 e. The van der Waals surface area contributed by atoms with Gasteiger partial charge in [0.2, 0.25) is 23.4 Å². The van der Waals surface area contributed by atoms with Crippen LogP contribution in [0.1, 0.15) is 93.9 Å². The van der Waals surface area contributed by atoms with Crippen LogP contribution in [0.15, 0.2) is 0 Å². The van der Waals surface area contributed by atoms with Crippen LogP contribution in [0.2, 0.25) is 0 Å². The first-order valence-corrected chi connectivity index (χ1v) is 17.3. The van der Waals surface area contributed by atoms with E-state index in [4.69, 9.17) is 5.73 Å². The van der Waals surface area contributed by atoms with Gasteiger partial charge in [0.15, 0.2) is 0 Å². The second kappa shape index (κ2) is 16.8. The van der Waals surface area contributed by atoms with Crippen LogP contribution < -0.4 is 27.0 Å². The van der Waals surface area contributed by atoms with Crippen molar-refractivity contribution in [2.75, 3.05) is 25.4 Å². The minimum atomic E-state index is -1.09. The Morgan fingerprint density at radius 3 is 2.07 bits per heavy atom. The summed E-state index contributed by atoms with van der Waals surface area (Å²) in [6.07, 6.45) is 4.47. The number of rotatable bonds is 17. The van der Waals surface area contributed by atoms with Gasteiger partial charge >= 0.3 is 17.7 Å². The summed E-state index contributed by atoms with van der Waals surface area (Å²) in [5, 5.41) is 12.1. The van der Waals surface area contributed by atoms with E-state index in [0.717, 1.165) is 32.2 Å². The molecule has 0 spiro atoms. The monoisotopic (exact) mass is 653 g/mol. The molecule has 5 amide bonds. The van der Waals surface area contributed by atoms with Gasteiger partial charge in [0.05, 0.1) is 6.04 Å². The Hall–Kier alpha value is -2.67. The highest BCUT2D eigenvalue weighted by molar-refractivity contribution is 7.65. The van der Waals surface area contributed by atoms with E-state index < -0.39 is 47.2 Å². The molecule has 1 heterocycles. The molecule has 256 valence electrons. The summed E-state index contributed by atoms with van der Waals surface area (Å²) in [7, 11) is 0. The first kappa shape index (κ1) is 38.5. The molecule has 0 bridgehead atoms. The molecule has 13 heteroatoms. The number of likely N-dealkylation sites (tertiary alicyclic amines) is 1. The zero-order valence-electron chi connectivity index (χ0n) is 28.5. The number of nitrogens with two attached hydrogens (primary N) is 1. The molecular weight excluding hydrogens is 596 g/mol. The van der Waals surface area contributed by atoms with Crippen molar-refractivity contribution in [2.45, 2.75) is 118 Å². The summed E-state index contributed by atoms with van der Waals surface area (Å²) in [5.41, 5.74) is 4.33. The molecule has 0 aromatic carbocycles. The molecule has 2 fully saturated rings. The van der Waals surface area contributed by atoms with Crippen molar-refractivity contribution in [1.29, 1.82) is 0 Å². The lowest BCUT2D eigenvalue weighted by atomic mass is 9.84. The Balaban J connectivity index is 2.22. The minimum Gasteiger partial charge on any atom is -0.363 e. The van der Waals surface area contributed by atoms with E-state index in [0.29, 0.717) is 43.4 Å². The van der Waals surface area contributed by atoms with E-state index >= 15 is 0 Å². The van der Waals surface area contributed by atoms with Gasteiger partial charge in [-0.25, -0.2) is 4.79 Å². The second-order valence-electron chi connectivity index (χ2n) is 15.2. The van der Waals surface area contributed by atoms with Gasteiger partial charge in [-0.1, -0.05) is 68.2 Å². The maximum absolute atomic E-state index is 14.2. The average Bonchev–Trinajstić information content (AvgIpc) is 3.63. The highest BCUT2D eigenvalue weighted by Crippen LogP contribution is 2.35. The fourth-order valence-electron chi connectivity index (χ4n) is 5.82. The van der Waals surface area contributed by atoms with E-state index in [2.05, 4.69) is 21.3 Å². The molecule has 1 saturated carbocycles. The van der Waals surface area contributed by atoms with Crippen LogP contribution >= 0.6 is 0 Å². The van der Waals surface area contributed by atoms with Gasteiger partial charge in [0, 0.05) is 29.8 Å². The van der Waals surface area contributed by atoms with Crippen LogP contribution in [0.4, 0.5) is 4.79 Å². The van der Waals surface area contributed by atoms with Crippen molar-refractivity contribution < 1.29 is 28.2 Å². The quantitative estimate of drug-likeness (QED) is 0.0906. The molecule has 0 radical (unpaired) electrons. The molecule has 6 N–H and O–H groups in total. The third-order valence-electron chi connectivity index (χ3n) is 8.91. The Kier molecular flexibility index (Phi) is 14.3. The summed E-state index contributed by atoms with van der Waals surface area (Å²) in [6.45, 7) is 17.2. The lowest BCUT2D eigenvalue weighted by Gasteiger charge is -2.38. The van der Waals surface area contributed by atoms with Gasteiger partial charge < -0.3 is 31.9 Å². The lowest BCUT2D eigenvalue weighted by molar-refractivity contribution is -0.144. The van der Waals surface area contributed by atoms with Crippen LogP contribution in [-0.4, -0.2) is 84.0 Å². The van der Waals surface area contributed by atoms with Crippen molar-refractivity contribution in [2.24, 2.45) is 34.3 Å². The number of carbonyl (C=O) groups excluding carboxylic acids is 5. The zero-order chi connectivity index (χ0) is 34.1. The number of ketones is 1. The number of Topliss-reactive ketones (excluding diaryl/α,β-unsaturated/α-hetero) is 1. The number of urea groups is 1. The molecule has 2 aliphatic rings. The summed E-state index contributed by atoms with van der Waals surface area (Å²) >= 11 is 0.583. The Bertz CT molecular complexity index is 1070. The Morgan fingerprint density at radius 2 is 1.56 bits per heavy atom. The van der Waals surface area contributed by atoms with E-state index in [-0.39, 0.29) is 35.1 Å². The first-order chi connectivity index (χ1) is 20.9. The molecule has 1 unspecified atom stereocenters. The lowest BCUT2D eigenvalue weighted by Crippen LogP contribution is -2.62. The van der Waals surface area contributed by atoms with Crippen LogP contribution in [-0.2, 0) is 35.1 Å². The molecule has 1 aliphatic carbocycles. The number of amides is 5. The van der Waals surface area contributed by atoms with Crippen molar-refractivity contribution in [1.82, 2.24) is 26.2 Å². The summed E-state index contributed by atoms with van der Waals surface area (Å²) in [4.78, 5) is 67.3. The molecule has 2 rings (SSSR count). The minimum absolute atomic E-state index is 0.0655. The fourth-order valence-corrected chi connectivity index (χ4v) is 6.14. The molecule has 0 aromatic rings. The number of hydrogen-bond acceptors (Lipinski definition) is 7. The van der Waals surface area contributed by atoms with Gasteiger partial charge in [0.1, 0.15) is 12.1 Å². The molecule has 12 nitrogen and oxygen atoms in total. The van der Waals surface area contributed by atoms with Gasteiger partial charge in [-0.05, 0) is 54.4 Å². The Labute approximate surface area is 273 Å². The number of carbonyl (C=O) groups is 5. The van der Waals surface area contributed by atoms with Crippen LogP contribution in [0.25, 0.3) is 0 Å². The predicted molar refractivity (Wildman–Crippen MR) is 175 cm³/mol.